The second kappa shape index (κ2) is 10.4. The average Bonchev–Trinajstić information content (AvgIpc) is 2.68. The van der Waals surface area contributed by atoms with Gasteiger partial charge in [-0.05, 0) is 42.2 Å². The first-order chi connectivity index (χ1) is 13.0. The first-order valence-electron chi connectivity index (χ1n) is 9.29. The van der Waals surface area contributed by atoms with Gasteiger partial charge in [-0.25, -0.2) is 0 Å². The van der Waals surface area contributed by atoms with Crippen LogP contribution in [0, 0.1) is 0 Å². The van der Waals surface area contributed by atoms with Gasteiger partial charge in [0.05, 0.1) is 7.11 Å². The maximum Gasteiger partial charge on any atom is 0.226 e. The molecule has 0 aliphatic rings. The fourth-order valence-corrected chi connectivity index (χ4v) is 2.88. The molecule has 0 fully saturated rings. The summed E-state index contributed by atoms with van der Waals surface area (Å²) in [5.74, 6) is 0.711. The molecule has 0 saturated heterocycles. The molecule has 0 radical (unpaired) electrons. The van der Waals surface area contributed by atoms with Crippen LogP contribution in [0.5, 0.6) is 5.75 Å². The summed E-state index contributed by atoms with van der Waals surface area (Å²) in [6, 6.07) is 15.6. The summed E-state index contributed by atoms with van der Waals surface area (Å²) in [6.45, 7) is 4.59. The molecule has 0 atom stereocenters. The highest BCUT2D eigenvalue weighted by atomic mass is 16.5. The number of carbonyl (C=O) groups is 2. The molecule has 2 aromatic carbocycles. The Morgan fingerprint density at radius 1 is 1.04 bits per heavy atom. The number of hydrogen-bond acceptors (Lipinski definition) is 3. The number of para-hydroxylation sites is 1. The quantitative estimate of drug-likeness (QED) is 0.735. The number of benzene rings is 2. The molecule has 0 heterocycles. The molecule has 0 aliphatic heterocycles. The maximum absolute atomic E-state index is 12.3. The van der Waals surface area contributed by atoms with Gasteiger partial charge in [0, 0.05) is 32.1 Å². The van der Waals surface area contributed by atoms with E-state index in [1.54, 1.807) is 12.0 Å². The molecular weight excluding hydrogens is 340 g/mol. The van der Waals surface area contributed by atoms with E-state index in [1.807, 2.05) is 48.5 Å². The van der Waals surface area contributed by atoms with Crippen molar-refractivity contribution in [2.75, 3.05) is 25.5 Å². The molecular formula is C22H28N2O3. The second-order valence-electron chi connectivity index (χ2n) is 6.41. The number of hydrogen-bond donors (Lipinski definition) is 1. The van der Waals surface area contributed by atoms with E-state index in [9.17, 15) is 9.59 Å². The van der Waals surface area contributed by atoms with Gasteiger partial charge in [0.15, 0.2) is 0 Å². The van der Waals surface area contributed by atoms with Crippen LogP contribution in [0.4, 0.5) is 5.69 Å². The van der Waals surface area contributed by atoms with Gasteiger partial charge in [-0.15, -0.1) is 0 Å². The van der Waals surface area contributed by atoms with E-state index < -0.39 is 0 Å². The van der Waals surface area contributed by atoms with E-state index in [1.165, 1.54) is 6.92 Å². The largest absolute Gasteiger partial charge is 0.497 e. The minimum atomic E-state index is -0.0772. The Labute approximate surface area is 161 Å². The van der Waals surface area contributed by atoms with Crippen LogP contribution in [-0.4, -0.2) is 36.9 Å². The molecule has 2 amide bonds. The molecule has 5 heteroatoms. The number of nitrogens with one attached hydrogen (secondary N) is 1. The van der Waals surface area contributed by atoms with E-state index in [2.05, 4.69) is 12.2 Å². The Morgan fingerprint density at radius 3 is 2.37 bits per heavy atom. The molecule has 1 N–H and O–H groups in total. The lowest BCUT2D eigenvalue weighted by molar-refractivity contribution is -0.129. The highest BCUT2D eigenvalue weighted by Crippen LogP contribution is 2.16. The molecule has 0 saturated carbocycles. The fourth-order valence-electron chi connectivity index (χ4n) is 2.88. The summed E-state index contributed by atoms with van der Waals surface area (Å²) < 4.78 is 5.15. The number of ether oxygens (including phenoxy) is 1. The smallest absolute Gasteiger partial charge is 0.226 e. The van der Waals surface area contributed by atoms with Gasteiger partial charge in [0.1, 0.15) is 5.75 Å². The van der Waals surface area contributed by atoms with Crippen LogP contribution in [0.25, 0.3) is 0 Å². The van der Waals surface area contributed by atoms with Crippen molar-refractivity contribution in [1.29, 1.82) is 0 Å². The van der Waals surface area contributed by atoms with E-state index >= 15 is 0 Å². The Kier molecular flexibility index (Phi) is 7.86. The molecule has 2 aromatic rings. The Hall–Kier alpha value is -2.82. The van der Waals surface area contributed by atoms with Gasteiger partial charge < -0.3 is 15.0 Å². The van der Waals surface area contributed by atoms with Crippen LogP contribution in [0.3, 0.4) is 0 Å². The number of aryl methyl sites for hydroxylation is 1. The summed E-state index contributed by atoms with van der Waals surface area (Å²) in [6.07, 6.45) is 1.88. The van der Waals surface area contributed by atoms with Crippen molar-refractivity contribution < 1.29 is 14.3 Å². The SMILES string of the molecule is CCc1ccccc1NC(=O)CCN(CCc1ccc(OC)cc1)C(C)=O. The maximum atomic E-state index is 12.3. The van der Waals surface area contributed by atoms with Crippen LogP contribution >= 0.6 is 0 Å². The predicted molar refractivity (Wildman–Crippen MR) is 108 cm³/mol. The van der Waals surface area contributed by atoms with E-state index in [0.29, 0.717) is 13.1 Å². The average molecular weight is 368 g/mol. The third kappa shape index (κ3) is 6.44. The van der Waals surface area contributed by atoms with Gasteiger partial charge in [-0.1, -0.05) is 37.3 Å². The lowest BCUT2D eigenvalue weighted by Gasteiger charge is -2.21. The zero-order chi connectivity index (χ0) is 19.6. The van der Waals surface area contributed by atoms with Gasteiger partial charge in [-0.2, -0.15) is 0 Å². The summed E-state index contributed by atoms with van der Waals surface area (Å²) in [5.41, 5.74) is 3.08. The van der Waals surface area contributed by atoms with Gasteiger partial charge in [0.25, 0.3) is 0 Å². The fraction of sp³-hybridized carbons (Fsp3) is 0.364. The van der Waals surface area contributed by atoms with Crippen LogP contribution in [0.2, 0.25) is 0 Å². The molecule has 144 valence electrons. The number of carbonyl (C=O) groups excluding carboxylic acids is 2. The summed E-state index contributed by atoms with van der Waals surface area (Å²) in [7, 11) is 1.64. The Bertz CT molecular complexity index is 756. The normalized spacial score (nSPS) is 10.3. The van der Waals surface area contributed by atoms with Crippen molar-refractivity contribution in [1.82, 2.24) is 4.90 Å². The molecule has 5 nitrogen and oxygen atoms in total. The summed E-state index contributed by atoms with van der Waals surface area (Å²) >= 11 is 0. The summed E-state index contributed by atoms with van der Waals surface area (Å²) in [4.78, 5) is 25.9. The topological polar surface area (TPSA) is 58.6 Å². The van der Waals surface area contributed by atoms with Crippen molar-refractivity contribution in [3.8, 4) is 5.75 Å². The predicted octanol–water partition coefficient (Wildman–Crippen LogP) is 3.68. The van der Waals surface area contributed by atoms with E-state index in [0.717, 1.165) is 35.4 Å². The van der Waals surface area contributed by atoms with Crippen molar-refractivity contribution in [3.63, 3.8) is 0 Å². The highest BCUT2D eigenvalue weighted by molar-refractivity contribution is 5.91. The van der Waals surface area contributed by atoms with Crippen molar-refractivity contribution in [2.24, 2.45) is 0 Å². The number of amides is 2. The zero-order valence-electron chi connectivity index (χ0n) is 16.3. The molecule has 2 rings (SSSR count). The Balaban J connectivity index is 1.86. The molecule has 27 heavy (non-hydrogen) atoms. The van der Waals surface area contributed by atoms with Gasteiger partial charge in [-0.3, -0.25) is 9.59 Å². The first-order valence-corrected chi connectivity index (χ1v) is 9.29. The van der Waals surface area contributed by atoms with Crippen molar-refractivity contribution in [3.05, 3.63) is 59.7 Å². The standard InChI is InChI=1S/C22H28N2O3/c1-4-19-7-5-6-8-21(19)23-22(26)14-16-24(17(2)25)15-13-18-9-11-20(27-3)12-10-18/h5-12H,4,13-16H2,1-3H3,(H,23,26). The number of methoxy groups -OCH3 is 1. The monoisotopic (exact) mass is 368 g/mol. The minimum Gasteiger partial charge on any atom is -0.497 e. The van der Waals surface area contributed by atoms with Crippen LogP contribution in [-0.2, 0) is 22.4 Å². The third-order valence-corrected chi connectivity index (χ3v) is 4.56. The Morgan fingerprint density at radius 2 is 1.74 bits per heavy atom. The van der Waals surface area contributed by atoms with Crippen molar-refractivity contribution in [2.45, 2.75) is 33.1 Å². The second-order valence-corrected chi connectivity index (χ2v) is 6.41. The van der Waals surface area contributed by atoms with E-state index in [-0.39, 0.29) is 18.2 Å². The van der Waals surface area contributed by atoms with Gasteiger partial charge >= 0.3 is 0 Å². The summed E-state index contributed by atoms with van der Waals surface area (Å²) in [5, 5.41) is 2.95. The molecule has 0 bridgehead atoms. The number of nitrogens with zero attached hydrogens (tertiary/aromatic N) is 1. The molecule has 0 spiro atoms. The van der Waals surface area contributed by atoms with E-state index in [4.69, 9.17) is 4.74 Å². The molecule has 0 unspecified atom stereocenters. The first kappa shape index (κ1) is 20.5. The zero-order valence-corrected chi connectivity index (χ0v) is 16.3. The third-order valence-electron chi connectivity index (χ3n) is 4.56. The van der Waals surface area contributed by atoms with Crippen molar-refractivity contribution >= 4 is 17.5 Å². The number of rotatable bonds is 9. The molecule has 0 aromatic heterocycles. The lowest BCUT2D eigenvalue weighted by Crippen LogP contribution is -2.33. The molecule has 0 aliphatic carbocycles. The lowest BCUT2D eigenvalue weighted by atomic mass is 10.1. The minimum absolute atomic E-state index is 0.0229. The van der Waals surface area contributed by atoms with Crippen LogP contribution < -0.4 is 10.1 Å². The number of anilines is 1. The van der Waals surface area contributed by atoms with Gasteiger partial charge in [0.2, 0.25) is 11.8 Å². The van der Waals surface area contributed by atoms with Crippen LogP contribution in [0.1, 0.15) is 31.4 Å². The van der Waals surface area contributed by atoms with Crippen LogP contribution in [0.15, 0.2) is 48.5 Å². The highest BCUT2D eigenvalue weighted by Gasteiger charge is 2.12.